The lowest BCUT2D eigenvalue weighted by Crippen LogP contribution is -2.39. The molecule has 0 saturated heterocycles. The van der Waals surface area contributed by atoms with Crippen LogP contribution in [0.2, 0.25) is 0 Å². The third-order valence-electron chi connectivity index (χ3n) is 4.34. The molecule has 2 rings (SSSR count). The molecule has 0 aliphatic rings. The number of carbonyl (C=O) groups excluding carboxylic acids is 1. The molecule has 0 saturated carbocycles. The fourth-order valence-corrected chi connectivity index (χ4v) is 2.91. The molecule has 0 fully saturated rings. The molecular weight excluding hydrogens is 521 g/mol. The molecule has 9 heteroatoms. The first-order valence-electron chi connectivity index (χ1n) is 10.6. The lowest BCUT2D eigenvalue weighted by Gasteiger charge is -2.14. The summed E-state index contributed by atoms with van der Waals surface area (Å²) in [4.78, 5) is 20.6. The van der Waals surface area contributed by atoms with E-state index in [0.717, 1.165) is 29.2 Å². The quantitative estimate of drug-likeness (QED) is 0.223. The summed E-state index contributed by atoms with van der Waals surface area (Å²) in [6, 6.07) is 11.5. The fourth-order valence-electron chi connectivity index (χ4n) is 2.91. The topological polar surface area (TPSA) is 96.9 Å². The lowest BCUT2D eigenvalue weighted by molar-refractivity contribution is -0.116. The lowest BCUT2D eigenvalue weighted by atomic mass is 10.1. The van der Waals surface area contributed by atoms with E-state index in [1.807, 2.05) is 51.1 Å². The molecule has 1 amide bonds. The van der Waals surface area contributed by atoms with Gasteiger partial charge >= 0.3 is 0 Å². The van der Waals surface area contributed by atoms with Crippen LogP contribution in [-0.2, 0) is 11.2 Å². The SMILES string of the molecule is CCOc1ccc(CCNC(=NC)NCCC(=O)Nc2cccc(C)n2)cc1OCC.I. The Labute approximate surface area is 207 Å². The number of carbonyl (C=O) groups is 1. The van der Waals surface area contributed by atoms with Gasteiger partial charge in [0.2, 0.25) is 5.91 Å². The summed E-state index contributed by atoms with van der Waals surface area (Å²) in [7, 11) is 1.70. The third-order valence-corrected chi connectivity index (χ3v) is 4.34. The second kappa shape index (κ2) is 15.3. The van der Waals surface area contributed by atoms with Gasteiger partial charge in [0.15, 0.2) is 17.5 Å². The monoisotopic (exact) mass is 555 g/mol. The van der Waals surface area contributed by atoms with Gasteiger partial charge < -0.3 is 25.4 Å². The van der Waals surface area contributed by atoms with Crippen LogP contribution in [0, 0.1) is 6.92 Å². The average molecular weight is 555 g/mol. The molecular formula is C23H34IN5O3. The zero-order chi connectivity index (χ0) is 22.5. The molecule has 1 aromatic heterocycles. The Kier molecular flexibility index (Phi) is 13.1. The first-order valence-corrected chi connectivity index (χ1v) is 10.6. The molecule has 0 atom stereocenters. The van der Waals surface area contributed by atoms with E-state index in [1.165, 1.54) is 0 Å². The molecule has 3 N–H and O–H groups in total. The molecule has 2 aromatic rings. The highest BCUT2D eigenvalue weighted by molar-refractivity contribution is 14.0. The Bertz CT molecular complexity index is 876. The van der Waals surface area contributed by atoms with Gasteiger partial charge in [-0.25, -0.2) is 4.98 Å². The number of benzene rings is 1. The minimum Gasteiger partial charge on any atom is -0.490 e. The molecule has 0 spiro atoms. The number of aromatic nitrogens is 1. The van der Waals surface area contributed by atoms with E-state index in [9.17, 15) is 4.79 Å². The van der Waals surface area contributed by atoms with Crippen LogP contribution in [0.4, 0.5) is 5.82 Å². The molecule has 0 aliphatic heterocycles. The maximum atomic E-state index is 12.1. The second-order valence-corrected chi connectivity index (χ2v) is 6.79. The number of anilines is 1. The summed E-state index contributed by atoms with van der Waals surface area (Å²) in [5.74, 6) is 2.64. The number of guanidine groups is 1. The minimum absolute atomic E-state index is 0. The maximum absolute atomic E-state index is 12.1. The van der Waals surface area contributed by atoms with Gasteiger partial charge in [0.05, 0.1) is 13.2 Å². The smallest absolute Gasteiger partial charge is 0.227 e. The van der Waals surface area contributed by atoms with Gasteiger partial charge in [-0.05, 0) is 57.0 Å². The van der Waals surface area contributed by atoms with Gasteiger partial charge in [0.25, 0.3) is 0 Å². The van der Waals surface area contributed by atoms with Crippen molar-refractivity contribution in [3.63, 3.8) is 0 Å². The van der Waals surface area contributed by atoms with Gasteiger partial charge in [0.1, 0.15) is 5.82 Å². The summed E-state index contributed by atoms with van der Waals surface area (Å²) in [5, 5.41) is 9.21. The number of hydrogen-bond donors (Lipinski definition) is 3. The van der Waals surface area contributed by atoms with E-state index in [2.05, 4.69) is 25.9 Å². The van der Waals surface area contributed by atoms with Crippen molar-refractivity contribution in [1.82, 2.24) is 15.6 Å². The Hall–Kier alpha value is -2.56. The number of aryl methyl sites for hydroxylation is 1. The van der Waals surface area contributed by atoms with Crippen molar-refractivity contribution >= 4 is 41.7 Å². The Balaban J connectivity index is 0.00000512. The largest absolute Gasteiger partial charge is 0.490 e. The number of ether oxygens (including phenoxy) is 2. The number of amides is 1. The van der Waals surface area contributed by atoms with E-state index < -0.39 is 0 Å². The molecule has 0 aliphatic carbocycles. The van der Waals surface area contributed by atoms with E-state index in [4.69, 9.17) is 9.47 Å². The van der Waals surface area contributed by atoms with E-state index >= 15 is 0 Å². The van der Waals surface area contributed by atoms with Gasteiger partial charge in [-0.1, -0.05) is 12.1 Å². The Morgan fingerprint density at radius 1 is 1.03 bits per heavy atom. The van der Waals surface area contributed by atoms with E-state index in [1.54, 1.807) is 13.1 Å². The summed E-state index contributed by atoms with van der Waals surface area (Å²) in [5.41, 5.74) is 2.00. The van der Waals surface area contributed by atoms with Crippen LogP contribution in [0.15, 0.2) is 41.4 Å². The highest BCUT2D eigenvalue weighted by Gasteiger charge is 2.07. The van der Waals surface area contributed by atoms with Crippen LogP contribution in [0.5, 0.6) is 11.5 Å². The average Bonchev–Trinajstić information content (AvgIpc) is 2.74. The van der Waals surface area contributed by atoms with E-state index in [-0.39, 0.29) is 29.9 Å². The molecule has 1 aromatic carbocycles. The van der Waals surface area contributed by atoms with Gasteiger partial charge in [-0.3, -0.25) is 9.79 Å². The Morgan fingerprint density at radius 3 is 2.44 bits per heavy atom. The highest BCUT2D eigenvalue weighted by atomic mass is 127. The van der Waals surface area contributed by atoms with Crippen LogP contribution in [0.3, 0.4) is 0 Å². The maximum Gasteiger partial charge on any atom is 0.227 e. The van der Waals surface area contributed by atoms with Crippen LogP contribution in [0.1, 0.15) is 31.5 Å². The first kappa shape index (κ1) is 27.5. The zero-order valence-electron chi connectivity index (χ0n) is 19.2. The van der Waals surface area contributed by atoms with Crippen molar-refractivity contribution in [3.8, 4) is 11.5 Å². The molecule has 0 radical (unpaired) electrons. The number of nitrogens with one attached hydrogen (secondary N) is 3. The van der Waals surface area contributed by atoms with Crippen molar-refractivity contribution in [3.05, 3.63) is 47.7 Å². The summed E-state index contributed by atoms with van der Waals surface area (Å²) >= 11 is 0. The van der Waals surface area contributed by atoms with Crippen molar-refractivity contribution in [2.75, 3.05) is 38.7 Å². The van der Waals surface area contributed by atoms with Crippen LogP contribution in [0.25, 0.3) is 0 Å². The van der Waals surface area contributed by atoms with Crippen molar-refractivity contribution < 1.29 is 14.3 Å². The number of hydrogen-bond acceptors (Lipinski definition) is 5. The number of rotatable bonds is 11. The van der Waals surface area contributed by atoms with Crippen LogP contribution in [-0.4, -0.2) is 50.2 Å². The summed E-state index contributed by atoms with van der Waals surface area (Å²) in [6.07, 6.45) is 1.11. The zero-order valence-corrected chi connectivity index (χ0v) is 21.6. The highest BCUT2D eigenvalue weighted by Crippen LogP contribution is 2.28. The Morgan fingerprint density at radius 2 is 1.75 bits per heavy atom. The van der Waals surface area contributed by atoms with Crippen LogP contribution >= 0.6 is 24.0 Å². The second-order valence-electron chi connectivity index (χ2n) is 6.79. The molecule has 1 heterocycles. The molecule has 0 unspecified atom stereocenters. The molecule has 32 heavy (non-hydrogen) atoms. The number of aliphatic imine (C=N–C) groups is 1. The van der Waals surface area contributed by atoms with Gasteiger partial charge in [-0.2, -0.15) is 0 Å². The number of halogens is 1. The van der Waals surface area contributed by atoms with Crippen molar-refractivity contribution in [2.24, 2.45) is 4.99 Å². The first-order chi connectivity index (χ1) is 15.0. The predicted octanol–water partition coefficient (Wildman–Crippen LogP) is 3.54. The van der Waals surface area contributed by atoms with Gasteiger partial charge in [0, 0.05) is 32.3 Å². The predicted molar refractivity (Wildman–Crippen MR) is 139 cm³/mol. The summed E-state index contributed by atoms with van der Waals surface area (Å²) < 4.78 is 11.3. The number of nitrogens with zero attached hydrogens (tertiary/aromatic N) is 2. The van der Waals surface area contributed by atoms with E-state index in [0.29, 0.717) is 44.5 Å². The van der Waals surface area contributed by atoms with Crippen molar-refractivity contribution in [1.29, 1.82) is 0 Å². The molecule has 8 nitrogen and oxygen atoms in total. The number of pyridine rings is 1. The normalized spacial score (nSPS) is 10.7. The third kappa shape index (κ3) is 9.71. The van der Waals surface area contributed by atoms with Gasteiger partial charge in [-0.15, -0.1) is 24.0 Å². The van der Waals surface area contributed by atoms with Crippen LogP contribution < -0.4 is 25.4 Å². The summed E-state index contributed by atoms with van der Waals surface area (Å²) in [6.45, 7) is 8.15. The molecule has 176 valence electrons. The molecule has 0 bridgehead atoms. The minimum atomic E-state index is -0.0982. The van der Waals surface area contributed by atoms with Crippen molar-refractivity contribution in [2.45, 2.75) is 33.6 Å². The standard InChI is InChI=1S/C23H33N5O3.HI/c1-5-30-19-11-10-18(16-20(19)31-6-2)12-14-25-23(24-4)26-15-13-22(29)28-21-9-7-8-17(3)27-21;/h7-11,16H,5-6,12-15H2,1-4H3,(H2,24,25,26)(H,27,28,29);1H. The fraction of sp³-hybridized carbons (Fsp3) is 0.435.